The van der Waals surface area contributed by atoms with E-state index in [1.54, 1.807) is 24.3 Å². The Kier molecular flexibility index (Phi) is 13.7. The summed E-state index contributed by atoms with van der Waals surface area (Å²) in [5.41, 5.74) is 2.54. The van der Waals surface area contributed by atoms with Gasteiger partial charge in [0.2, 0.25) is 0 Å². The van der Waals surface area contributed by atoms with Gasteiger partial charge in [-0.2, -0.15) is 0 Å². The molecule has 0 aromatic heterocycles. The van der Waals surface area contributed by atoms with Crippen molar-refractivity contribution in [3.8, 4) is 11.5 Å². The van der Waals surface area contributed by atoms with Crippen LogP contribution in [0, 0.1) is 0 Å². The van der Waals surface area contributed by atoms with Crippen molar-refractivity contribution in [3.63, 3.8) is 0 Å². The maximum atomic E-state index is 10.9. The summed E-state index contributed by atoms with van der Waals surface area (Å²) in [7, 11) is 0. The van der Waals surface area contributed by atoms with Crippen LogP contribution >= 0.6 is 0 Å². The second-order valence-corrected chi connectivity index (χ2v) is 7.55. The van der Waals surface area contributed by atoms with Gasteiger partial charge in [-0.3, -0.25) is 0 Å². The molecule has 0 aliphatic heterocycles. The molecule has 0 aliphatic rings. The fourth-order valence-electron chi connectivity index (χ4n) is 1.92. The van der Waals surface area contributed by atoms with Gasteiger partial charge in [0.15, 0.2) is 0 Å². The van der Waals surface area contributed by atoms with Gasteiger partial charge in [-0.25, -0.2) is 0 Å². The molecular weight excluding hydrogens is 350 g/mol. The van der Waals surface area contributed by atoms with E-state index in [4.69, 9.17) is 0 Å². The van der Waals surface area contributed by atoms with Crippen LogP contribution in [0.2, 0.25) is 0 Å². The molecule has 2 aromatic carbocycles. The summed E-state index contributed by atoms with van der Waals surface area (Å²) < 4.78 is 0. The smallest absolute Gasteiger partial charge is 0.872 e. The van der Waals surface area contributed by atoms with Crippen molar-refractivity contribution >= 4 is 0 Å². The average Bonchev–Trinajstić information content (AvgIpc) is 2.38. The van der Waals surface area contributed by atoms with E-state index >= 15 is 0 Å². The molecule has 2 aromatic rings. The molecule has 120 valence electrons. The van der Waals surface area contributed by atoms with Crippen molar-refractivity contribution in [2.75, 3.05) is 0 Å². The average molecular weight is 377 g/mol. The van der Waals surface area contributed by atoms with Gasteiger partial charge in [0.25, 0.3) is 0 Å². The molecule has 0 heterocycles. The number of rotatable bonds is 0. The zero-order valence-corrected chi connectivity index (χ0v) is 22.7. The Morgan fingerprint density at radius 3 is 1.38 bits per heavy atom. The van der Waals surface area contributed by atoms with Gasteiger partial charge in [0.05, 0.1) is 0 Å². The van der Waals surface area contributed by atoms with Crippen molar-refractivity contribution in [2.45, 2.75) is 52.4 Å². The standard InChI is InChI=1S/2C10H14O.2K/c1-10(2,3)8-4-6-9(11)7-5-8;1-10(2,3)8-5-4-6-9(11)7-8;;/h2*4-7,11H,1-3H3;;/q;;2*+1/p-2. The molecule has 0 aliphatic carbocycles. The molecule has 0 unspecified atom stereocenters. The Hall–Kier alpha value is 1.31. The van der Waals surface area contributed by atoms with Crippen molar-refractivity contribution < 1.29 is 113 Å². The van der Waals surface area contributed by atoms with Crippen LogP contribution in [-0.2, 0) is 10.8 Å². The second kappa shape index (κ2) is 11.9. The van der Waals surface area contributed by atoms with Crippen LogP contribution in [0.1, 0.15) is 52.7 Å². The van der Waals surface area contributed by atoms with Gasteiger partial charge in [-0.15, -0.1) is 11.5 Å². The molecule has 0 bridgehead atoms. The number of hydrogen-bond donors (Lipinski definition) is 0. The first-order chi connectivity index (χ1) is 10.00. The van der Waals surface area contributed by atoms with Gasteiger partial charge < -0.3 is 10.2 Å². The van der Waals surface area contributed by atoms with E-state index in [1.165, 1.54) is 5.56 Å². The molecule has 0 N–H and O–H groups in total. The van der Waals surface area contributed by atoms with E-state index in [0.29, 0.717) is 0 Å². The van der Waals surface area contributed by atoms with Crippen LogP contribution < -0.4 is 113 Å². The third kappa shape index (κ3) is 10.5. The van der Waals surface area contributed by atoms with Gasteiger partial charge in [0, 0.05) is 0 Å². The quantitative estimate of drug-likeness (QED) is 0.506. The van der Waals surface area contributed by atoms with E-state index in [-0.39, 0.29) is 125 Å². The third-order valence-electron chi connectivity index (χ3n) is 3.42. The van der Waals surface area contributed by atoms with Gasteiger partial charge >= 0.3 is 103 Å². The Bertz CT molecular complexity index is 594. The maximum Gasteiger partial charge on any atom is 1.00 e. The largest absolute Gasteiger partial charge is 1.00 e. The summed E-state index contributed by atoms with van der Waals surface area (Å²) in [4.78, 5) is 0. The summed E-state index contributed by atoms with van der Waals surface area (Å²) in [5, 5.41) is 21.7. The fraction of sp³-hybridized carbons (Fsp3) is 0.400. The number of benzene rings is 2. The van der Waals surface area contributed by atoms with Gasteiger partial charge in [0.1, 0.15) is 0 Å². The molecule has 24 heavy (non-hydrogen) atoms. The summed E-state index contributed by atoms with van der Waals surface area (Å²) in [6, 6.07) is 14.1. The Morgan fingerprint density at radius 2 is 1.04 bits per heavy atom. The zero-order valence-electron chi connectivity index (χ0n) is 16.4. The topological polar surface area (TPSA) is 46.1 Å². The fourth-order valence-corrected chi connectivity index (χ4v) is 1.92. The van der Waals surface area contributed by atoms with Crippen LogP contribution in [-0.4, -0.2) is 0 Å². The van der Waals surface area contributed by atoms with Gasteiger partial charge in [-0.05, 0) is 22.0 Å². The van der Waals surface area contributed by atoms with E-state index in [9.17, 15) is 10.2 Å². The van der Waals surface area contributed by atoms with Crippen molar-refractivity contribution in [3.05, 3.63) is 59.7 Å². The minimum atomic E-state index is 0. The number of hydrogen-bond acceptors (Lipinski definition) is 2. The second-order valence-electron chi connectivity index (χ2n) is 7.55. The molecule has 0 radical (unpaired) electrons. The Labute approximate surface area is 232 Å². The normalized spacial score (nSPS) is 10.6. The van der Waals surface area contributed by atoms with Crippen LogP contribution in [0.3, 0.4) is 0 Å². The maximum absolute atomic E-state index is 10.9. The minimum Gasteiger partial charge on any atom is -0.872 e. The molecule has 2 nitrogen and oxygen atoms in total. The summed E-state index contributed by atoms with van der Waals surface area (Å²) in [6.45, 7) is 12.7. The summed E-state index contributed by atoms with van der Waals surface area (Å²) in [6.07, 6.45) is 0. The van der Waals surface area contributed by atoms with E-state index in [0.717, 1.165) is 5.56 Å². The van der Waals surface area contributed by atoms with Crippen molar-refractivity contribution in [1.82, 2.24) is 0 Å². The van der Waals surface area contributed by atoms with Gasteiger partial charge in [-0.1, -0.05) is 90.1 Å². The molecule has 2 rings (SSSR count). The Morgan fingerprint density at radius 1 is 0.583 bits per heavy atom. The van der Waals surface area contributed by atoms with Crippen LogP contribution in [0.15, 0.2) is 48.5 Å². The minimum absolute atomic E-state index is 0. The molecule has 4 heteroatoms. The predicted octanol–water partition coefficient (Wildman–Crippen LogP) is -1.88. The molecule has 0 amide bonds. The monoisotopic (exact) mass is 376 g/mol. The van der Waals surface area contributed by atoms with E-state index in [1.807, 2.05) is 24.3 Å². The molecule has 0 atom stereocenters. The summed E-state index contributed by atoms with van der Waals surface area (Å²) in [5.74, 6) is 0.176. The summed E-state index contributed by atoms with van der Waals surface area (Å²) >= 11 is 0. The van der Waals surface area contributed by atoms with E-state index < -0.39 is 0 Å². The molecule has 0 saturated heterocycles. The molecule has 0 fully saturated rings. The zero-order chi connectivity index (χ0) is 17.0. The van der Waals surface area contributed by atoms with Crippen LogP contribution in [0.4, 0.5) is 0 Å². The van der Waals surface area contributed by atoms with Crippen LogP contribution in [0.25, 0.3) is 0 Å². The van der Waals surface area contributed by atoms with Crippen LogP contribution in [0.5, 0.6) is 11.5 Å². The molecule has 0 spiro atoms. The molecular formula is C20H26K2O2. The first-order valence-electron chi connectivity index (χ1n) is 7.55. The molecule has 0 saturated carbocycles. The Balaban J connectivity index is 0. The van der Waals surface area contributed by atoms with E-state index in [2.05, 4.69) is 41.5 Å². The predicted molar refractivity (Wildman–Crippen MR) is 89.2 cm³/mol. The van der Waals surface area contributed by atoms with Crippen molar-refractivity contribution in [1.29, 1.82) is 0 Å². The first kappa shape index (κ1) is 27.5. The first-order valence-corrected chi connectivity index (χ1v) is 7.55. The van der Waals surface area contributed by atoms with Crippen molar-refractivity contribution in [2.24, 2.45) is 0 Å². The SMILES string of the molecule is CC(C)(C)c1ccc([O-])cc1.CC(C)(C)c1cccc([O-])c1.[K+].[K+]. The third-order valence-corrected chi connectivity index (χ3v) is 3.42.